The Morgan fingerprint density at radius 1 is 1.50 bits per heavy atom. The highest BCUT2D eigenvalue weighted by Gasteiger charge is 2.08. The lowest BCUT2D eigenvalue weighted by atomic mass is 10.3. The summed E-state index contributed by atoms with van der Waals surface area (Å²) in [7, 11) is 0. The maximum Gasteiger partial charge on any atom is 0.313 e. The SMILES string of the molecule is O=C(O)CS/C(I)=N/N/C(=N\I)c1cnn(-c2cccc(Cl)c2)c1. The Kier molecular flexibility index (Phi) is 7.77. The molecule has 0 aliphatic heterocycles. The van der Waals surface area contributed by atoms with Crippen LogP contribution in [0, 0.1) is 0 Å². The summed E-state index contributed by atoms with van der Waals surface area (Å²) >= 11 is 10.9. The highest BCUT2D eigenvalue weighted by Crippen LogP contribution is 2.15. The fraction of sp³-hybridized carbons (Fsp3) is 0.0769. The molecule has 2 aromatic rings. The molecule has 0 amide bonds. The van der Waals surface area contributed by atoms with Gasteiger partial charge in [-0.25, -0.2) is 4.68 Å². The van der Waals surface area contributed by atoms with Crippen molar-refractivity contribution >= 4 is 83.7 Å². The van der Waals surface area contributed by atoms with Crippen LogP contribution in [0.4, 0.5) is 0 Å². The summed E-state index contributed by atoms with van der Waals surface area (Å²) < 4.78 is 6.35. The van der Waals surface area contributed by atoms with E-state index in [0.29, 0.717) is 13.9 Å². The van der Waals surface area contributed by atoms with Gasteiger partial charge in [0, 0.05) is 11.2 Å². The Hall–Kier alpha value is -0.860. The van der Waals surface area contributed by atoms with Crippen molar-refractivity contribution in [2.24, 2.45) is 8.31 Å². The minimum absolute atomic E-state index is 0.0487. The van der Waals surface area contributed by atoms with Crippen molar-refractivity contribution in [1.82, 2.24) is 15.2 Å². The van der Waals surface area contributed by atoms with Gasteiger partial charge < -0.3 is 5.11 Å². The van der Waals surface area contributed by atoms with Crippen LogP contribution in [0.2, 0.25) is 5.02 Å². The van der Waals surface area contributed by atoms with Crippen LogP contribution in [0.5, 0.6) is 0 Å². The molecule has 7 nitrogen and oxygen atoms in total. The van der Waals surface area contributed by atoms with Crippen molar-refractivity contribution in [3.05, 3.63) is 47.2 Å². The first-order valence-electron chi connectivity index (χ1n) is 6.33. The molecule has 0 saturated heterocycles. The summed E-state index contributed by atoms with van der Waals surface area (Å²) in [5.41, 5.74) is 4.38. The maximum absolute atomic E-state index is 10.5. The smallest absolute Gasteiger partial charge is 0.313 e. The van der Waals surface area contributed by atoms with E-state index in [1.165, 1.54) is 0 Å². The number of carboxylic acid groups (broad SMARTS) is 1. The van der Waals surface area contributed by atoms with E-state index in [1.54, 1.807) is 29.2 Å². The zero-order chi connectivity index (χ0) is 17.5. The average Bonchev–Trinajstić information content (AvgIpc) is 3.03. The quantitative estimate of drug-likeness (QED) is 0.240. The fourth-order valence-corrected chi connectivity index (χ4v) is 3.10. The fourth-order valence-electron chi connectivity index (χ4n) is 1.59. The van der Waals surface area contributed by atoms with Gasteiger partial charge >= 0.3 is 5.97 Å². The van der Waals surface area contributed by atoms with E-state index in [4.69, 9.17) is 16.7 Å². The van der Waals surface area contributed by atoms with Crippen molar-refractivity contribution in [2.45, 2.75) is 0 Å². The van der Waals surface area contributed by atoms with Gasteiger partial charge in [0.1, 0.15) is 0 Å². The first-order valence-corrected chi connectivity index (χ1v) is 9.74. The topological polar surface area (TPSA) is 91.9 Å². The molecule has 126 valence electrons. The third-order valence-electron chi connectivity index (χ3n) is 2.58. The average molecular weight is 590 g/mol. The minimum Gasteiger partial charge on any atom is -0.481 e. The molecule has 0 spiro atoms. The van der Waals surface area contributed by atoms with Crippen molar-refractivity contribution in [3.63, 3.8) is 0 Å². The van der Waals surface area contributed by atoms with Crippen LogP contribution in [-0.4, -0.2) is 35.5 Å². The molecule has 1 heterocycles. The van der Waals surface area contributed by atoms with E-state index in [-0.39, 0.29) is 5.75 Å². The number of carboxylic acids is 1. The van der Waals surface area contributed by atoms with E-state index >= 15 is 0 Å². The van der Waals surface area contributed by atoms with Crippen LogP contribution in [0.15, 0.2) is 45.0 Å². The Morgan fingerprint density at radius 2 is 2.29 bits per heavy atom. The van der Waals surface area contributed by atoms with E-state index < -0.39 is 5.97 Å². The molecule has 0 fully saturated rings. The lowest BCUT2D eigenvalue weighted by Gasteiger charge is -2.03. The van der Waals surface area contributed by atoms with Crippen LogP contribution < -0.4 is 5.43 Å². The number of thioether (sulfide) groups is 1. The molecule has 11 heteroatoms. The van der Waals surface area contributed by atoms with Crippen molar-refractivity contribution < 1.29 is 9.90 Å². The van der Waals surface area contributed by atoms with Crippen molar-refractivity contribution in [1.29, 1.82) is 0 Å². The molecule has 1 aromatic carbocycles. The van der Waals surface area contributed by atoms with Crippen LogP contribution in [-0.2, 0) is 4.79 Å². The Labute approximate surface area is 174 Å². The number of halogens is 3. The van der Waals surface area contributed by atoms with E-state index in [0.717, 1.165) is 23.0 Å². The molecule has 0 aliphatic carbocycles. The molecular weight excluding hydrogens is 580 g/mol. The molecule has 0 bridgehead atoms. The number of benzene rings is 1. The van der Waals surface area contributed by atoms with Crippen LogP contribution in [0.1, 0.15) is 5.56 Å². The largest absolute Gasteiger partial charge is 0.481 e. The van der Waals surface area contributed by atoms with Gasteiger partial charge in [-0.2, -0.15) is 13.4 Å². The van der Waals surface area contributed by atoms with Gasteiger partial charge in [0.15, 0.2) is 8.89 Å². The van der Waals surface area contributed by atoms with Crippen molar-refractivity contribution in [2.75, 3.05) is 5.75 Å². The summed E-state index contributed by atoms with van der Waals surface area (Å²) in [6, 6.07) is 7.33. The zero-order valence-electron chi connectivity index (χ0n) is 11.9. The standard InChI is InChI=1S/C13H10ClI2N5O2S/c14-9-2-1-3-10(4-9)21-6-8(5-17-21)12(18-16)19-20-13(15)24-7-11(22)23/h1-6H,7H2,(H,18,19)(H,22,23)/b20-13+. The van der Waals surface area contributed by atoms with Gasteiger partial charge in [0.25, 0.3) is 0 Å². The number of nitrogens with zero attached hydrogens (tertiary/aromatic N) is 4. The highest BCUT2D eigenvalue weighted by molar-refractivity contribution is 14.1. The lowest BCUT2D eigenvalue weighted by Crippen LogP contribution is -2.18. The second kappa shape index (κ2) is 9.58. The maximum atomic E-state index is 10.5. The van der Waals surface area contributed by atoms with Gasteiger partial charge in [0.05, 0.1) is 46.1 Å². The van der Waals surface area contributed by atoms with Crippen LogP contribution in [0.25, 0.3) is 5.69 Å². The van der Waals surface area contributed by atoms with Gasteiger partial charge in [0.2, 0.25) is 0 Å². The summed E-state index contributed by atoms with van der Waals surface area (Å²) in [5, 5.41) is 17.7. The molecule has 0 saturated carbocycles. The first kappa shape index (κ1) is 19.5. The van der Waals surface area contributed by atoms with Crippen molar-refractivity contribution in [3.8, 4) is 5.69 Å². The van der Waals surface area contributed by atoms with Gasteiger partial charge in [-0.05, 0) is 40.8 Å². The molecule has 0 radical (unpaired) electrons. The predicted molar refractivity (Wildman–Crippen MR) is 114 cm³/mol. The monoisotopic (exact) mass is 589 g/mol. The Morgan fingerprint density at radius 3 is 2.96 bits per heavy atom. The normalized spacial score (nSPS) is 12.3. The van der Waals surface area contributed by atoms with E-state index in [1.807, 2.05) is 57.6 Å². The summed E-state index contributed by atoms with van der Waals surface area (Å²) in [6.07, 6.45) is 3.45. The molecule has 24 heavy (non-hydrogen) atoms. The summed E-state index contributed by atoms with van der Waals surface area (Å²) in [6.45, 7) is 0. The zero-order valence-corrected chi connectivity index (χ0v) is 17.7. The molecule has 2 rings (SSSR count). The number of hydrogen-bond donors (Lipinski definition) is 2. The summed E-state index contributed by atoms with van der Waals surface area (Å²) in [4.78, 5) is 10.5. The molecule has 0 atom stereocenters. The van der Waals surface area contributed by atoms with E-state index in [2.05, 4.69) is 18.8 Å². The number of amidine groups is 1. The minimum atomic E-state index is -0.894. The number of hydrogen-bond acceptors (Lipinski definition) is 5. The second-order valence-electron chi connectivity index (χ2n) is 4.25. The highest BCUT2D eigenvalue weighted by atomic mass is 127. The van der Waals surface area contributed by atoms with Gasteiger partial charge in [-0.3, -0.25) is 10.2 Å². The molecule has 0 unspecified atom stereocenters. The lowest BCUT2D eigenvalue weighted by molar-refractivity contribution is -0.133. The van der Waals surface area contributed by atoms with Gasteiger partial charge in [-0.1, -0.05) is 29.4 Å². The number of hydrazone groups is 1. The summed E-state index contributed by atoms with van der Waals surface area (Å²) in [5.74, 6) is -0.434. The number of carbonyl (C=O) groups is 1. The number of aromatic nitrogens is 2. The second-order valence-corrected chi connectivity index (χ2v) is 7.88. The Bertz CT molecular complexity index is 796. The molecule has 1 aromatic heterocycles. The van der Waals surface area contributed by atoms with Crippen LogP contribution >= 0.6 is 68.8 Å². The third-order valence-corrected chi connectivity index (χ3v) is 5.19. The number of nitrogens with one attached hydrogen (secondary N) is 1. The number of aliphatic carboxylic acids is 1. The molecule has 2 N–H and O–H groups in total. The first-order chi connectivity index (χ1) is 11.5. The molecule has 0 aliphatic rings. The molecular formula is C13H10ClI2N5O2S. The predicted octanol–water partition coefficient (Wildman–Crippen LogP) is 3.74. The van der Waals surface area contributed by atoms with Gasteiger partial charge in [-0.15, -0.1) is 0 Å². The van der Waals surface area contributed by atoms with E-state index in [9.17, 15) is 4.79 Å². The number of rotatable bonds is 5. The van der Waals surface area contributed by atoms with Crippen LogP contribution in [0.3, 0.4) is 0 Å². The third kappa shape index (κ3) is 5.89. The Balaban J connectivity index is 2.09.